The zero-order valence-electron chi connectivity index (χ0n) is 15.2. The molecule has 1 aromatic heterocycles. The summed E-state index contributed by atoms with van der Waals surface area (Å²) < 4.78 is 0. The van der Waals surface area contributed by atoms with Crippen molar-refractivity contribution in [3.8, 4) is 11.1 Å². The second kappa shape index (κ2) is 6.33. The summed E-state index contributed by atoms with van der Waals surface area (Å²) >= 11 is 0. The number of aryl methyl sites for hydroxylation is 1. The van der Waals surface area contributed by atoms with E-state index in [0.717, 1.165) is 16.9 Å². The fraction of sp³-hybridized carbons (Fsp3) is 0.0400. The quantitative estimate of drug-likeness (QED) is 0.359. The van der Waals surface area contributed by atoms with Gasteiger partial charge in [-0.25, -0.2) is 0 Å². The van der Waals surface area contributed by atoms with Crippen molar-refractivity contribution in [3.05, 3.63) is 96.6 Å². The van der Waals surface area contributed by atoms with Crippen molar-refractivity contribution >= 4 is 33.2 Å². The van der Waals surface area contributed by atoms with Gasteiger partial charge in [0.1, 0.15) is 0 Å². The molecule has 0 amide bonds. The molecular weight excluding hydrogens is 328 g/mol. The van der Waals surface area contributed by atoms with Crippen molar-refractivity contribution in [2.75, 3.05) is 5.32 Å². The number of benzene rings is 4. The predicted molar refractivity (Wildman–Crippen MR) is 116 cm³/mol. The van der Waals surface area contributed by atoms with Crippen LogP contribution in [-0.2, 0) is 0 Å². The van der Waals surface area contributed by atoms with E-state index in [2.05, 4.69) is 108 Å². The Morgan fingerprint density at radius 1 is 0.630 bits per heavy atom. The number of rotatable bonds is 3. The average Bonchev–Trinajstić information content (AvgIpc) is 3.07. The number of hydrogen-bond acceptors (Lipinski definition) is 1. The third-order valence-electron chi connectivity index (χ3n) is 5.15. The third kappa shape index (κ3) is 2.76. The van der Waals surface area contributed by atoms with Gasteiger partial charge in [0.25, 0.3) is 0 Å². The Hall–Kier alpha value is -3.52. The minimum absolute atomic E-state index is 1.09. The van der Waals surface area contributed by atoms with Gasteiger partial charge < -0.3 is 10.3 Å². The molecule has 0 saturated carbocycles. The molecule has 27 heavy (non-hydrogen) atoms. The summed E-state index contributed by atoms with van der Waals surface area (Å²) in [6.07, 6.45) is 0. The standard InChI is InChI=1S/C25H20N2/c1-17-8-2-3-9-19(17)20-10-4-6-12-23(20)26-18-14-15-25-22(16-18)21-11-5-7-13-24(21)27-25/h2-16,26-27H,1H3. The lowest BCUT2D eigenvalue weighted by Crippen LogP contribution is -1.94. The molecule has 0 aliphatic rings. The first-order valence-corrected chi connectivity index (χ1v) is 9.22. The zero-order valence-corrected chi connectivity index (χ0v) is 15.2. The molecule has 2 heteroatoms. The molecular formula is C25H20N2. The Kier molecular flexibility index (Phi) is 3.68. The normalized spacial score (nSPS) is 11.1. The maximum Gasteiger partial charge on any atom is 0.0466 e. The summed E-state index contributed by atoms with van der Waals surface area (Å²) in [5, 5.41) is 6.12. The summed E-state index contributed by atoms with van der Waals surface area (Å²) in [6, 6.07) is 31.9. The number of fused-ring (bicyclic) bond motifs is 3. The largest absolute Gasteiger partial charge is 0.355 e. The lowest BCUT2D eigenvalue weighted by Gasteiger charge is -2.14. The number of H-pyrrole nitrogens is 1. The van der Waals surface area contributed by atoms with Crippen molar-refractivity contribution in [2.24, 2.45) is 0 Å². The van der Waals surface area contributed by atoms with E-state index in [1.54, 1.807) is 0 Å². The van der Waals surface area contributed by atoms with Gasteiger partial charge in [0.2, 0.25) is 0 Å². The highest BCUT2D eigenvalue weighted by Crippen LogP contribution is 2.34. The van der Waals surface area contributed by atoms with Crippen molar-refractivity contribution in [1.82, 2.24) is 4.98 Å². The second-order valence-corrected chi connectivity index (χ2v) is 6.92. The topological polar surface area (TPSA) is 27.8 Å². The molecule has 5 aromatic rings. The van der Waals surface area contributed by atoms with E-state index in [4.69, 9.17) is 0 Å². The minimum Gasteiger partial charge on any atom is -0.355 e. The maximum absolute atomic E-state index is 3.63. The van der Waals surface area contributed by atoms with E-state index in [0.29, 0.717) is 0 Å². The van der Waals surface area contributed by atoms with Crippen molar-refractivity contribution < 1.29 is 0 Å². The van der Waals surface area contributed by atoms with Crippen molar-refractivity contribution in [2.45, 2.75) is 6.92 Å². The first-order valence-electron chi connectivity index (χ1n) is 9.22. The highest BCUT2D eigenvalue weighted by molar-refractivity contribution is 6.08. The molecule has 2 nitrogen and oxygen atoms in total. The van der Waals surface area contributed by atoms with E-state index in [1.165, 1.54) is 33.0 Å². The summed E-state index contributed by atoms with van der Waals surface area (Å²) in [5.41, 5.74) is 8.29. The number of aromatic amines is 1. The van der Waals surface area contributed by atoms with E-state index in [9.17, 15) is 0 Å². The van der Waals surface area contributed by atoms with Crippen LogP contribution in [0.5, 0.6) is 0 Å². The van der Waals surface area contributed by atoms with Crippen LogP contribution in [0.4, 0.5) is 11.4 Å². The van der Waals surface area contributed by atoms with E-state index >= 15 is 0 Å². The van der Waals surface area contributed by atoms with Gasteiger partial charge in [-0.2, -0.15) is 0 Å². The van der Waals surface area contributed by atoms with E-state index < -0.39 is 0 Å². The Bertz CT molecular complexity index is 1260. The Morgan fingerprint density at radius 2 is 1.33 bits per heavy atom. The van der Waals surface area contributed by atoms with Crippen LogP contribution in [0.15, 0.2) is 91.0 Å². The molecule has 0 aliphatic heterocycles. The molecule has 2 N–H and O–H groups in total. The van der Waals surface area contributed by atoms with Gasteiger partial charge in [-0.15, -0.1) is 0 Å². The maximum atomic E-state index is 3.63. The third-order valence-corrected chi connectivity index (χ3v) is 5.15. The van der Waals surface area contributed by atoms with Crippen LogP contribution < -0.4 is 5.32 Å². The Balaban J connectivity index is 1.60. The SMILES string of the molecule is Cc1ccccc1-c1ccccc1Nc1ccc2[nH]c3ccccc3c2c1. The van der Waals surface area contributed by atoms with Crippen LogP contribution in [-0.4, -0.2) is 4.98 Å². The molecule has 0 atom stereocenters. The molecule has 0 unspecified atom stereocenters. The van der Waals surface area contributed by atoms with Crippen LogP contribution in [0.3, 0.4) is 0 Å². The molecule has 0 spiro atoms. The number of hydrogen-bond donors (Lipinski definition) is 2. The average molecular weight is 348 g/mol. The van der Waals surface area contributed by atoms with Gasteiger partial charge in [-0.05, 0) is 48.4 Å². The van der Waals surface area contributed by atoms with Crippen LogP contribution in [0.2, 0.25) is 0 Å². The number of anilines is 2. The highest BCUT2D eigenvalue weighted by Gasteiger charge is 2.09. The summed E-state index contributed by atoms with van der Waals surface area (Å²) in [4.78, 5) is 3.49. The highest BCUT2D eigenvalue weighted by atomic mass is 14.9. The van der Waals surface area contributed by atoms with Crippen molar-refractivity contribution in [3.63, 3.8) is 0 Å². The van der Waals surface area contributed by atoms with Gasteiger partial charge in [-0.1, -0.05) is 60.7 Å². The monoisotopic (exact) mass is 348 g/mol. The Morgan fingerprint density at radius 3 is 2.22 bits per heavy atom. The number of nitrogens with one attached hydrogen (secondary N) is 2. The smallest absolute Gasteiger partial charge is 0.0466 e. The first-order chi connectivity index (χ1) is 13.3. The lowest BCUT2D eigenvalue weighted by molar-refractivity contribution is 1.45. The van der Waals surface area contributed by atoms with Crippen LogP contribution in [0, 0.1) is 6.92 Å². The molecule has 0 fully saturated rings. The summed E-state index contributed by atoms with van der Waals surface area (Å²) in [6.45, 7) is 2.16. The summed E-state index contributed by atoms with van der Waals surface area (Å²) in [7, 11) is 0. The van der Waals surface area contributed by atoms with E-state index in [-0.39, 0.29) is 0 Å². The molecule has 0 saturated heterocycles. The van der Waals surface area contributed by atoms with Crippen LogP contribution in [0.25, 0.3) is 32.9 Å². The first kappa shape index (κ1) is 15.7. The minimum atomic E-state index is 1.09. The van der Waals surface area contributed by atoms with Gasteiger partial charge >= 0.3 is 0 Å². The molecule has 1 heterocycles. The van der Waals surface area contributed by atoms with Crippen LogP contribution in [0.1, 0.15) is 5.56 Å². The molecule has 0 bridgehead atoms. The molecule has 5 rings (SSSR count). The molecule has 0 radical (unpaired) electrons. The van der Waals surface area contributed by atoms with E-state index in [1.807, 2.05) is 0 Å². The molecule has 130 valence electrons. The number of para-hydroxylation sites is 2. The number of aromatic nitrogens is 1. The molecule has 4 aromatic carbocycles. The lowest BCUT2D eigenvalue weighted by atomic mass is 9.99. The van der Waals surface area contributed by atoms with Crippen molar-refractivity contribution in [1.29, 1.82) is 0 Å². The van der Waals surface area contributed by atoms with Gasteiger partial charge in [-0.3, -0.25) is 0 Å². The van der Waals surface area contributed by atoms with Gasteiger partial charge in [0, 0.05) is 38.7 Å². The summed E-state index contributed by atoms with van der Waals surface area (Å²) in [5.74, 6) is 0. The fourth-order valence-corrected chi connectivity index (χ4v) is 3.78. The zero-order chi connectivity index (χ0) is 18.2. The predicted octanol–water partition coefficient (Wildman–Crippen LogP) is 7.04. The fourth-order valence-electron chi connectivity index (χ4n) is 3.78. The second-order valence-electron chi connectivity index (χ2n) is 6.92. The van der Waals surface area contributed by atoms with Gasteiger partial charge in [0.05, 0.1) is 0 Å². The molecule has 0 aliphatic carbocycles. The Labute approximate surface area is 158 Å². The van der Waals surface area contributed by atoms with Gasteiger partial charge in [0.15, 0.2) is 0 Å². The van der Waals surface area contributed by atoms with Crippen LogP contribution >= 0.6 is 0 Å².